The number of benzene rings is 2. The molecule has 0 saturated carbocycles. The van der Waals surface area contributed by atoms with Crippen molar-refractivity contribution in [1.29, 1.82) is 0 Å². The van der Waals surface area contributed by atoms with Crippen molar-refractivity contribution in [3.05, 3.63) is 54.1 Å². The zero-order valence-electron chi connectivity index (χ0n) is 14.6. The van der Waals surface area contributed by atoms with Gasteiger partial charge in [-0.2, -0.15) is 0 Å². The summed E-state index contributed by atoms with van der Waals surface area (Å²) >= 11 is 0. The number of halogens is 4. The first-order valence-corrected chi connectivity index (χ1v) is 7.91. The van der Waals surface area contributed by atoms with Crippen LogP contribution >= 0.6 is 24.0 Å². The van der Waals surface area contributed by atoms with E-state index < -0.39 is 6.36 Å². The summed E-state index contributed by atoms with van der Waals surface area (Å²) in [6, 6.07) is 13.1. The van der Waals surface area contributed by atoms with E-state index in [4.69, 9.17) is 10.5 Å². The average Bonchev–Trinajstić information content (AvgIpc) is 2.59. The second kappa shape index (κ2) is 10.9. The quantitative estimate of drug-likeness (QED) is 0.256. The number of hydrogen-bond acceptors (Lipinski definition) is 3. The molecule has 0 unspecified atom stereocenters. The molecule has 148 valence electrons. The van der Waals surface area contributed by atoms with Gasteiger partial charge < -0.3 is 20.5 Å². The number of hydrogen-bond donors (Lipinski definition) is 2. The lowest BCUT2D eigenvalue weighted by Crippen LogP contribution is -2.23. The molecule has 0 aliphatic heterocycles. The third kappa shape index (κ3) is 8.85. The Hall–Kier alpha value is -2.17. The number of guanidine groups is 1. The Morgan fingerprint density at radius 3 is 2.44 bits per heavy atom. The highest BCUT2D eigenvalue weighted by Gasteiger charge is 2.30. The number of alkyl halides is 3. The van der Waals surface area contributed by atoms with E-state index in [1.54, 1.807) is 7.11 Å². The molecule has 2 rings (SSSR count). The van der Waals surface area contributed by atoms with E-state index in [0.717, 1.165) is 24.2 Å². The molecule has 0 aromatic heterocycles. The maximum absolute atomic E-state index is 12.1. The molecule has 0 radical (unpaired) electrons. The molecule has 0 heterocycles. The number of nitrogens with one attached hydrogen (secondary N) is 1. The fourth-order valence-electron chi connectivity index (χ4n) is 2.24. The van der Waals surface area contributed by atoms with Crippen molar-refractivity contribution in [2.24, 2.45) is 10.7 Å². The van der Waals surface area contributed by atoms with E-state index in [-0.39, 0.29) is 35.7 Å². The molecule has 2 aromatic rings. The zero-order valence-corrected chi connectivity index (χ0v) is 17.0. The summed E-state index contributed by atoms with van der Waals surface area (Å²) < 4.78 is 45.3. The minimum atomic E-state index is -4.71. The van der Waals surface area contributed by atoms with Crippen LogP contribution in [-0.2, 0) is 6.42 Å². The Kier molecular flexibility index (Phi) is 9.19. The molecule has 5 nitrogen and oxygen atoms in total. The molecule has 0 aliphatic rings. The summed E-state index contributed by atoms with van der Waals surface area (Å²) in [6.45, 7) is 0.519. The smallest absolute Gasteiger partial charge is 0.497 e. The number of methoxy groups -OCH3 is 1. The molecule has 0 fully saturated rings. The van der Waals surface area contributed by atoms with Gasteiger partial charge in [-0.25, -0.2) is 0 Å². The lowest BCUT2D eigenvalue weighted by molar-refractivity contribution is -0.274. The fourth-order valence-corrected chi connectivity index (χ4v) is 2.24. The Bertz CT molecular complexity index is 737. The molecular weight excluding hydrogens is 474 g/mol. The second-order valence-corrected chi connectivity index (χ2v) is 5.42. The molecule has 0 spiro atoms. The van der Waals surface area contributed by atoms with Gasteiger partial charge in [0, 0.05) is 12.2 Å². The maximum atomic E-state index is 12.1. The zero-order chi connectivity index (χ0) is 19.0. The molecular formula is C18H21F3IN3O2. The molecule has 0 saturated heterocycles. The van der Waals surface area contributed by atoms with Crippen molar-refractivity contribution < 1.29 is 22.6 Å². The van der Waals surface area contributed by atoms with E-state index in [0.29, 0.717) is 12.2 Å². The standard InChI is InChI=1S/C18H20F3N3O2.HI/c1-25-16-6-2-4-13(12-16)5-3-11-23-17(22)24-14-7-9-15(10-8-14)26-18(19,20)21;/h2,4,6-10,12H,3,5,11H2,1H3,(H3,22,23,24);1H. The average molecular weight is 495 g/mol. The number of ether oxygens (including phenoxy) is 2. The minimum absolute atomic E-state index is 0. The van der Waals surface area contributed by atoms with Crippen LogP contribution in [0.3, 0.4) is 0 Å². The van der Waals surface area contributed by atoms with E-state index in [2.05, 4.69) is 15.0 Å². The van der Waals surface area contributed by atoms with Gasteiger partial charge in [0.1, 0.15) is 11.5 Å². The van der Waals surface area contributed by atoms with E-state index in [1.165, 1.54) is 24.3 Å². The van der Waals surface area contributed by atoms with Crippen molar-refractivity contribution in [2.75, 3.05) is 19.0 Å². The van der Waals surface area contributed by atoms with Gasteiger partial charge in [-0.1, -0.05) is 12.1 Å². The largest absolute Gasteiger partial charge is 0.573 e. The Morgan fingerprint density at radius 1 is 1.11 bits per heavy atom. The van der Waals surface area contributed by atoms with Crippen molar-refractivity contribution in [3.8, 4) is 11.5 Å². The SMILES string of the molecule is COc1cccc(CCCN=C(N)Nc2ccc(OC(F)(F)F)cc2)c1.I. The monoisotopic (exact) mass is 495 g/mol. The van der Waals surface area contributed by atoms with E-state index in [1.807, 2.05) is 24.3 Å². The van der Waals surface area contributed by atoms with Gasteiger partial charge in [-0.05, 0) is 54.8 Å². The van der Waals surface area contributed by atoms with Crippen molar-refractivity contribution in [2.45, 2.75) is 19.2 Å². The first-order chi connectivity index (χ1) is 12.4. The fraction of sp³-hybridized carbons (Fsp3) is 0.278. The minimum Gasteiger partial charge on any atom is -0.497 e. The van der Waals surface area contributed by atoms with Gasteiger partial charge in [0.2, 0.25) is 0 Å². The molecule has 2 aromatic carbocycles. The number of rotatable bonds is 7. The van der Waals surface area contributed by atoms with E-state index in [9.17, 15) is 13.2 Å². The van der Waals surface area contributed by atoms with Gasteiger partial charge in [-0.3, -0.25) is 4.99 Å². The summed E-state index contributed by atoms with van der Waals surface area (Å²) in [7, 11) is 1.62. The predicted molar refractivity (Wildman–Crippen MR) is 110 cm³/mol. The van der Waals surface area contributed by atoms with Crippen LogP contribution in [0, 0.1) is 0 Å². The van der Waals surface area contributed by atoms with Gasteiger partial charge >= 0.3 is 6.36 Å². The first kappa shape index (κ1) is 22.9. The number of anilines is 1. The van der Waals surface area contributed by atoms with Crippen molar-refractivity contribution in [1.82, 2.24) is 0 Å². The number of aliphatic imine (C=N–C) groups is 1. The molecule has 3 N–H and O–H groups in total. The molecule has 0 amide bonds. The van der Waals surface area contributed by atoms with Crippen LogP contribution in [0.5, 0.6) is 11.5 Å². The van der Waals surface area contributed by atoms with Crippen LogP contribution < -0.4 is 20.5 Å². The van der Waals surface area contributed by atoms with Crippen LogP contribution in [0.1, 0.15) is 12.0 Å². The summed E-state index contributed by atoms with van der Waals surface area (Å²) in [4.78, 5) is 4.20. The van der Waals surface area contributed by atoms with Gasteiger partial charge in [0.05, 0.1) is 7.11 Å². The molecule has 27 heavy (non-hydrogen) atoms. The normalized spacial score (nSPS) is 11.5. The maximum Gasteiger partial charge on any atom is 0.573 e. The van der Waals surface area contributed by atoms with Crippen LogP contribution in [-0.4, -0.2) is 26.0 Å². The third-order valence-electron chi connectivity index (χ3n) is 3.40. The predicted octanol–water partition coefficient (Wildman–Crippen LogP) is 4.57. The Balaban J connectivity index is 0.00000364. The van der Waals surface area contributed by atoms with Crippen LogP contribution in [0.4, 0.5) is 18.9 Å². The molecule has 0 bridgehead atoms. The lowest BCUT2D eigenvalue weighted by atomic mass is 10.1. The van der Waals surface area contributed by atoms with Crippen LogP contribution in [0.2, 0.25) is 0 Å². The summed E-state index contributed by atoms with van der Waals surface area (Å²) in [5.41, 5.74) is 7.44. The molecule has 0 atom stereocenters. The highest BCUT2D eigenvalue weighted by molar-refractivity contribution is 14.0. The first-order valence-electron chi connectivity index (χ1n) is 7.91. The number of nitrogens with zero attached hydrogens (tertiary/aromatic N) is 1. The summed E-state index contributed by atoms with van der Waals surface area (Å²) in [5.74, 6) is 0.710. The highest BCUT2D eigenvalue weighted by atomic mass is 127. The molecule has 0 aliphatic carbocycles. The topological polar surface area (TPSA) is 68.9 Å². The second-order valence-electron chi connectivity index (χ2n) is 5.42. The molecule has 9 heteroatoms. The van der Waals surface area contributed by atoms with Crippen LogP contribution in [0.15, 0.2) is 53.5 Å². The Labute approximate surface area is 172 Å². The third-order valence-corrected chi connectivity index (χ3v) is 3.40. The van der Waals surface area contributed by atoms with E-state index >= 15 is 0 Å². The lowest BCUT2D eigenvalue weighted by Gasteiger charge is -2.10. The van der Waals surface area contributed by atoms with Crippen LogP contribution in [0.25, 0.3) is 0 Å². The van der Waals surface area contributed by atoms with Gasteiger partial charge in [0.25, 0.3) is 0 Å². The summed E-state index contributed by atoms with van der Waals surface area (Å²) in [6.07, 6.45) is -3.08. The summed E-state index contributed by atoms with van der Waals surface area (Å²) in [5, 5.41) is 2.82. The Morgan fingerprint density at radius 2 is 1.81 bits per heavy atom. The van der Waals surface area contributed by atoms with Gasteiger partial charge in [0.15, 0.2) is 5.96 Å². The highest BCUT2D eigenvalue weighted by Crippen LogP contribution is 2.23. The van der Waals surface area contributed by atoms with Crippen molar-refractivity contribution >= 4 is 35.6 Å². The number of nitrogens with two attached hydrogens (primary N) is 1. The number of aryl methyl sites for hydroxylation is 1. The van der Waals surface area contributed by atoms with Gasteiger partial charge in [-0.15, -0.1) is 37.1 Å². The van der Waals surface area contributed by atoms with Crippen molar-refractivity contribution in [3.63, 3.8) is 0 Å².